The van der Waals surface area contributed by atoms with Gasteiger partial charge in [0.25, 0.3) is 0 Å². The lowest BCUT2D eigenvalue weighted by atomic mass is 10.1. The first-order chi connectivity index (χ1) is 5.68. The molecule has 3 N–H and O–H groups in total. The van der Waals surface area contributed by atoms with Gasteiger partial charge in [-0.1, -0.05) is 17.7 Å². The first-order valence-electron chi connectivity index (χ1n) is 3.90. The molecule has 2 atom stereocenters. The van der Waals surface area contributed by atoms with Gasteiger partial charge >= 0.3 is 0 Å². The molecule has 12 heavy (non-hydrogen) atoms. The fourth-order valence-electron chi connectivity index (χ4n) is 1.64. The SMILES string of the molecule is N[C@@H]1Cc2cc(Cl)ccc2[C@@H]1O. The minimum atomic E-state index is -0.516. The monoisotopic (exact) mass is 183 g/mol. The fraction of sp³-hybridized carbons (Fsp3) is 0.333. The van der Waals surface area contributed by atoms with E-state index in [1.807, 2.05) is 12.1 Å². The molecule has 0 saturated carbocycles. The summed E-state index contributed by atoms with van der Waals surface area (Å²) < 4.78 is 0. The topological polar surface area (TPSA) is 46.2 Å². The summed E-state index contributed by atoms with van der Waals surface area (Å²) in [5.41, 5.74) is 7.68. The number of halogens is 1. The van der Waals surface area contributed by atoms with Gasteiger partial charge in [-0.05, 0) is 29.7 Å². The van der Waals surface area contributed by atoms with Gasteiger partial charge in [-0.3, -0.25) is 0 Å². The molecular weight excluding hydrogens is 174 g/mol. The lowest BCUT2D eigenvalue weighted by Crippen LogP contribution is -2.24. The summed E-state index contributed by atoms with van der Waals surface area (Å²) in [4.78, 5) is 0. The van der Waals surface area contributed by atoms with Crippen LogP contribution in [0.15, 0.2) is 18.2 Å². The molecule has 0 aromatic heterocycles. The molecule has 3 heteroatoms. The Bertz CT molecular complexity index is 313. The molecule has 0 heterocycles. The highest BCUT2D eigenvalue weighted by molar-refractivity contribution is 6.30. The van der Waals surface area contributed by atoms with Gasteiger partial charge in [0.15, 0.2) is 0 Å². The van der Waals surface area contributed by atoms with Crippen molar-refractivity contribution in [2.45, 2.75) is 18.6 Å². The number of nitrogens with two attached hydrogens (primary N) is 1. The van der Waals surface area contributed by atoms with E-state index >= 15 is 0 Å². The Balaban J connectivity index is 2.47. The van der Waals surface area contributed by atoms with Gasteiger partial charge in [-0.25, -0.2) is 0 Å². The van der Waals surface area contributed by atoms with Gasteiger partial charge in [-0.15, -0.1) is 0 Å². The molecule has 1 aromatic carbocycles. The Morgan fingerprint density at radius 1 is 1.50 bits per heavy atom. The summed E-state index contributed by atoms with van der Waals surface area (Å²) in [5, 5.41) is 10.3. The molecule has 0 fully saturated rings. The second-order valence-corrected chi connectivity index (χ2v) is 3.59. The predicted molar refractivity (Wildman–Crippen MR) is 48.1 cm³/mol. The number of hydrogen-bond acceptors (Lipinski definition) is 2. The van der Waals surface area contributed by atoms with Gasteiger partial charge < -0.3 is 10.8 Å². The fourth-order valence-corrected chi connectivity index (χ4v) is 1.83. The Morgan fingerprint density at radius 3 is 3.00 bits per heavy atom. The average molecular weight is 184 g/mol. The Labute approximate surface area is 76.0 Å². The largest absolute Gasteiger partial charge is 0.387 e. The zero-order valence-electron chi connectivity index (χ0n) is 6.50. The van der Waals surface area contributed by atoms with Crippen molar-refractivity contribution in [1.29, 1.82) is 0 Å². The zero-order chi connectivity index (χ0) is 8.72. The molecule has 2 rings (SSSR count). The third kappa shape index (κ3) is 1.12. The smallest absolute Gasteiger partial charge is 0.0946 e. The van der Waals surface area contributed by atoms with Crippen LogP contribution in [0.3, 0.4) is 0 Å². The lowest BCUT2D eigenvalue weighted by molar-refractivity contribution is 0.159. The Kier molecular flexibility index (Phi) is 1.83. The first kappa shape index (κ1) is 8.05. The third-order valence-corrected chi connectivity index (χ3v) is 2.52. The van der Waals surface area contributed by atoms with Crippen molar-refractivity contribution in [2.75, 3.05) is 0 Å². The predicted octanol–water partition coefficient (Wildman–Crippen LogP) is 1.26. The molecule has 0 radical (unpaired) electrons. The van der Waals surface area contributed by atoms with Crippen molar-refractivity contribution in [2.24, 2.45) is 5.73 Å². The van der Waals surface area contributed by atoms with Crippen molar-refractivity contribution in [1.82, 2.24) is 0 Å². The van der Waals surface area contributed by atoms with Crippen molar-refractivity contribution in [3.63, 3.8) is 0 Å². The highest BCUT2D eigenvalue weighted by Gasteiger charge is 2.27. The minimum absolute atomic E-state index is 0.168. The van der Waals surface area contributed by atoms with Gasteiger partial charge in [0, 0.05) is 11.1 Å². The number of aliphatic hydroxyl groups is 1. The van der Waals surface area contributed by atoms with Gasteiger partial charge in [-0.2, -0.15) is 0 Å². The van der Waals surface area contributed by atoms with Gasteiger partial charge in [0.05, 0.1) is 6.10 Å². The molecule has 0 amide bonds. The maximum absolute atomic E-state index is 9.57. The van der Waals surface area contributed by atoms with E-state index in [1.165, 1.54) is 0 Å². The second-order valence-electron chi connectivity index (χ2n) is 3.16. The van der Waals surface area contributed by atoms with E-state index < -0.39 is 6.10 Å². The van der Waals surface area contributed by atoms with Crippen LogP contribution in [-0.4, -0.2) is 11.1 Å². The number of fused-ring (bicyclic) bond motifs is 1. The summed E-state index contributed by atoms with van der Waals surface area (Å²) in [7, 11) is 0. The standard InChI is InChI=1S/C9H10ClNO/c10-6-1-2-7-5(3-6)4-8(11)9(7)12/h1-3,8-9,12H,4,11H2/t8-,9+/m1/s1. The number of benzene rings is 1. The number of aliphatic hydroxyl groups excluding tert-OH is 1. The Hall–Kier alpha value is -0.570. The molecule has 0 spiro atoms. The van der Waals surface area contributed by atoms with Crippen LogP contribution < -0.4 is 5.73 Å². The minimum Gasteiger partial charge on any atom is -0.387 e. The number of hydrogen-bond donors (Lipinski definition) is 2. The summed E-state index contributed by atoms with van der Waals surface area (Å²) in [6, 6.07) is 5.32. The quantitative estimate of drug-likeness (QED) is 0.636. The molecule has 1 aliphatic rings. The van der Waals surface area contributed by atoms with Crippen LogP contribution in [0.2, 0.25) is 5.02 Å². The molecule has 0 bridgehead atoms. The van der Waals surface area contributed by atoms with Crippen LogP contribution in [0.4, 0.5) is 0 Å². The van der Waals surface area contributed by atoms with Crippen LogP contribution in [0.25, 0.3) is 0 Å². The highest BCUT2D eigenvalue weighted by Crippen LogP contribution is 2.31. The van der Waals surface area contributed by atoms with E-state index in [0.29, 0.717) is 5.02 Å². The third-order valence-electron chi connectivity index (χ3n) is 2.28. The molecule has 2 nitrogen and oxygen atoms in total. The van der Waals surface area contributed by atoms with Crippen LogP contribution in [-0.2, 0) is 6.42 Å². The molecule has 0 aliphatic heterocycles. The first-order valence-corrected chi connectivity index (χ1v) is 4.28. The molecule has 1 aromatic rings. The van der Waals surface area contributed by atoms with Crippen molar-refractivity contribution < 1.29 is 5.11 Å². The average Bonchev–Trinajstić information content (AvgIpc) is 2.28. The van der Waals surface area contributed by atoms with E-state index in [-0.39, 0.29) is 6.04 Å². The van der Waals surface area contributed by atoms with Crippen molar-refractivity contribution >= 4 is 11.6 Å². The van der Waals surface area contributed by atoms with E-state index in [9.17, 15) is 5.11 Å². The van der Waals surface area contributed by atoms with Crippen molar-refractivity contribution in [3.8, 4) is 0 Å². The highest BCUT2D eigenvalue weighted by atomic mass is 35.5. The molecule has 1 aliphatic carbocycles. The number of rotatable bonds is 0. The summed E-state index contributed by atoms with van der Waals surface area (Å²) >= 11 is 5.80. The van der Waals surface area contributed by atoms with Crippen molar-refractivity contribution in [3.05, 3.63) is 34.3 Å². The summed E-state index contributed by atoms with van der Waals surface area (Å²) in [6.07, 6.45) is 0.203. The molecule has 0 unspecified atom stereocenters. The van der Waals surface area contributed by atoms with E-state index in [2.05, 4.69) is 0 Å². The van der Waals surface area contributed by atoms with E-state index in [0.717, 1.165) is 17.5 Å². The molecule has 0 saturated heterocycles. The second kappa shape index (κ2) is 2.73. The normalized spacial score (nSPS) is 27.2. The van der Waals surface area contributed by atoms with Crippen LogP contribution in [0.5, 0.6) is 0 Å². The zero-order valence-corrected chi connectivity index (χ0v) is 7.25. The van der Waals surface area contributed by atoms with E-state index in [4.69, 9.17) is 17.3 Å². The Morgan fingerprint density at radius 2 is 2.25 bits per heavy atom. The maximum atomic E-state index is 9.57. The molecular formula is C9H10ClNO. The van der Waals surface area contributed by atoms with Crippen LogP contribution in [0.1, 0.15) is 17.2 Å². The lowest BCUT2D eigenvalue weighted by Gasteiger charge is -2.07. The van der Waals surface area contributed by atoms with Crippen LogP contribution in [0, 0.1) is 0 Å². The van der Waals surface area contributed by atoms with E-state index in [1.54, 1.807) is 6.07 Å². The van der Waals surface area contributed by atoms with Gasteiger partial charge in [0.1, 0.15) is 0 Å². The maximum Gasteiger partial charge on any atom is 0.0946 e. The molecule has 64 valence electrons. The summed E-state index contributed by atoms with van der Waals surface area (Å²) in [5.74, 6) is 0. The summed E-state index contributed by atoms with van der Waals surface area (Å²) in [6.45, 7) is 0. The van der Waals surface area contributed by atoms with Gasteiger partial charge in [0.2, 0.25) is 0 Å². The van der Waals surface area contributed by atoms with Crippen LogP contribution >= 0.6 is 11.6 Å².